The third kappa shape index (κ3) is 2.77. The maximum Gasteiger partial charge on any atom is 0.242 e. The molecule has 5 nitrogen and oxygen atoms in total. The van der Waals surface area contributed by atoms with Gasteiger partial charge in [0.2, 0.25) is 10.0 Å². The fraction of sp³-hybridized carbons (Fsp3) is 0.364. The number of benzene rings is 1. The summed E-state index contributed by atoms with van der Waals surface area (Å²) in [5, 5.41) is 8.71. The van der Waals surface area contributed by atoms with Crippen LogP contribution in [0.1, 0.15) is 12.0 Å². The van der Waals surface area contributed by atoms with Crippen molar-refractivity contribution < 1.29 is 8.42 Å². The molecule has 1 unspecified atom stereocenters. The zero-order valence-corrected chi connectivity index (χ0v) is 11.2. The third-order valence-electron chi connectivity index (χ3n) is 2.68. The number of nitrogen functional groups attached to an aromatic ring is 1. The molecule has 1 fully saturated rings. The fourth-order valence-electron chi connectivity index (χ4n) is 1.77. The van der Waals surface area contributed by atoms with E-state index in [-0.39, 0.29) is 16.6 Å². The molecule has 3 N–H and O–H groups in total. The molecule has 2 rings (SSSR count). The molecule has 0 saturated carbocycles. The van der Waals surface area contributed by atoms with E-state index < -0.39 is 10.0 Å². The van der Waals surface area contributed by atoms with Crippen LogP contribution in [0.25, 0.3) is 0 Å². The molecule has 1 aromatic carbocycles. The average molecular weight is 283 g/mol. The summed E-state index contributed by atoms with van der Waals surface area (Å²) >= 11 is 1.73. The number of rotatable bonds is 3. The zero-order chi connectivity index (χ0) is 13.2. The fourth-order valence-corrected chi connectivity index (χ4v) is 4.41. The van der Waals surface area contributed by atoms with Gasteiger partial charge < -0.3 is 5.73 Å². The Morgan fingerprint density at radius 1 is 1.50 bits per heavy atom. The number of hydrogen-bond acceptors (Lipinski definition) is 5. The molecule has 1 saturated heterocycles. The first kappa shape index (κ1) is 13.2. The molecule has 7 heteroatoms. The van der Waals surface area contributed by atoms with Crippen molar-refractivity contribution in [2.45, 2.75) is 17.4 Å². The summed E-state index contributed by atoms with van der Waals surface area (Å²) in [6.45, 7) is 0. The van der Waals surface area contributed by atoms with Gasteiger partial charge in [-0.2, -0.15) is 17.0 Å². The average Bonchev–Trinajstić information content (AvgIpc) is 2.80. The molecule has 96 valence electrons. The molecule has 0 amide bonds. The third-order valence-corrected chi connectivity index (χ3v) is 5.44. The van der Waals surface area contributed by atoms with Gasteiger partial charge >= 0.3 is 0 Å². The first-order chi connectivity index (χ1) is 8.53. The van der Waals surface area contributed by atoms with Crippen LogP contribution in [0.3, 0.4) is 0 Å². The molecule has 0 aromatic heterocycles. The quantitative estimate of drug-likeness (QED) is 0.804. The summed E-state index contributed by atoms with van der Waals surface area (Å²) in [6.07, 6.45) is 0.833. The van der Waals surface area contributed by atoms with Crippen LogP contribution in [0.4, 0.5) is 5.69 Å². The van der Waals surface area contributed by atoms with E-state index in [0.717, 1.165) is 17.9 Å². The smallest absolute Gasteiger partial charge is 0.242 e. The van der Waals surface area contributed by atoms with Crippen LogP contribution in [0, 0.1) is 11.3 Å². The van der Waals surface area contributed by atoms with Crippen LogP contribution < -0.4 is 10.5 Å². The van der Waals surface area contributed by atoms with Gasteiger partial charge in [-0.3, -0.25) is 0 Å². The van der Waals surface area contributed by atoms with Crippen molar-refractivity contribution in [1.82, 2.24) is 4.72 Å². The Morgan fingerprint density at radius 3 is 2.83 bits per heavy atom. The molecule has 0 spiro atoms. The summed E-state index contributed by atoms with van der Waals surface area (Å²) in [4.78, 5) is 0.0402. The number of anilines is 1. The minimum absolute atomic E-state index is 0.0324. The number of nitriles is 1. The first-order valence-electron chi connectivity index (χ1n) is 5.42. The molecular weight excluding hydrogens is 270 g/mol. The van der Waals surface area contributed by atoms with E-state index in [1.807, 2.05) is 6.07 Å². The summed E-state index contributed by atoms with van der Waals surface area (Å²) in [6, 6.07) is 6.09. The van der Waals surface area contributed by atoms with Crippen LogP contribution in [-0.4, -0.2) is 26.0 Å². The second-order valence-electron chi connectivity index (χ2n) is 4.05. The molecule has 1 atom stereocenters. The molecule has 1 aromatic rings. The Hall–Kier alpha value is -1.23. The number of nitrogens with two attached hydrogens (primary N) is 1. The van der Waals surface area contributed by atoms with Crippen LogP contribution in [0.15, 0.2) is 23.1 Å². The normalized spacial score (nSPS) is 19.6. The lowest BCUT2D eigenvalue weighted by atomic mass is 10.2. The van der Waals surface area contributed by atoms with Crippen molar-refractivity contribution in [3.05, 3.63) is 23.8 Å². The van der Waals surface area contributed by atoms with Crippen molar-refractivity contribution in [3.8, 4) is 6.07 Å². The van der Waals surface area contributed by atoms with Crippen molar-refractivity contribution >= 4 is 27.5 Å². The van der Waals surface area contributed by atoms with Crippen LogP contribution in [0.2, 0.25) is 0 Å². The Labute approximate surface area is 110 Å². The van der Waals surface area contributed by atoms with Crippen molar-refractivity contribution in [3.63, 3.8) is 0 Å². The number of thioether (sulfide) groups is 1. The molecule has 0 radical (unpaired) electrons. The highest BCUT2D eigenvalue weighted by atomic mass is 32.2. The first-order valence-corrected chi connectivity index (χ1v) is 8.06. The largest absolute Gasteiger partial charge is 0.398 e. The molecule has 1 aliphatic heterocycles. The van der Waals surface area contributed by atoms with Gasteiger partial charge in [-0.15, -0.1) is 0 Å². The van der Waals surface area contributed by atoms with Crippen LogP contribution >= 0.6 is 11.8 Å². The predicted octanol–water partition coefficient (Wildman–Crippen LogP) is 0.924. The summed E-state index contributed by atoms with van der Waals surface area (Å²) in [5.74, 6) is 1.76. The topological polar surface area (TPSA) is 96.0 Å². The van der Waals surface area contributed by atoms with E-state index in [2.05, 4.69) is 4.72 Å². The minimum Gasteiger partial charge on any atom is -0.398 e. The highest BCUT2D eigenvalue weighted by molar-refractivity contribution is 7.99. The van der Waals surface area contributed by atoms with Gasteiger partial charge in [0.25, 0.3) is 0 Å². The zero-order valence-electron chi connectivity index (χ0n) is 9.59. The Bertz CT molecular complexity index is 587. The van der Waals surface area contributed by atoms with Gasteiger partial charge in [0.1, 0.15) is 4.90 Å². The van der Waals surface area contributed by atoms with Gasteiger partial charge in [-0.25, -0.2) is 13.1 Å². The lowest BCUT2D eigenvalue weighted by molar-refractivity contribution is 0.563. The summed E-state index contributed by atoms with van der Waals surface area (Å²) in [7, 11) is -3.60. The number of nitrogens with one attached hydrogen (secondary N) is 1. The number of sulfonamides is 1. The molecule has 18 heavy (non-hydrogen) atoms. The standard InChI is InChI=1S/C11H13N3O2S2/c12-6-8-1-2-11(10(13)5-8)18(15,16)14-9-3-4-17-7-9/h1-2,5,9,14H,3-4,7,13H2. The van der Waals surface area contributed by atoms with E-state index in [0.29, 0.717) is 5.56 Å². The maximum absolute atomic E-state index is 12.1. The molecule has 0 bridgehead atoms. The highest BCUT2D eigenvalue weighted by Crippen LogP contribution is 2.23. The monoisotopic (exact) mass is 283 g/mol. The summed E-state index contributed by atoms with van der Waals surface area (Å²) in [5.41, 5.74) is 6.14. The van der Waals surface area contributed by atoms with Gasteiger partial charge in [-0.05, 0) is 30.4 Å². The number of nitrogens with zero attached hydrogens (tertiary/aromatic N) is 1. The van der Waals surface area contributed by atoms with Gasteiger partial charge in [0.15, 0.2) is 0 Å². The van der Waals surface area contributed by atoms with Gasteiger partial charge in [0, 0.05) is 11.8 Å². The predicted molar refractivity (Wildman–Crippen MR) is 71.6 cm³/mol. The molecule has 1 aliphatic rings. The molecule has 1 heterocycles. The van der Waals surface area contributed by atoms with E-state index in [4.69, 9.17) is 11.0 Å². The van der Waals surface area contributed by atoms with E-state index in [9.17, 15) is 8.42 Å². The highest BCUT2D eigenvalue weighted by Gasteiger charge is 2.24. The van der Waals surface area contributed by atoms with Crippen LogP contribution in [-0.2, 0) is 10.0 Å². The minimum atomic E-state index is -3.60. The van der Waals surface area contributed by atoms with Crippen molar-refractivity contribution in [2.75, 3.05) is 17.2 Å². The SMILES string of the molecule is N#Cc1ccc(S(=O)(=O)NC2CCSC2)c(N)c1. The van der Waals surface area contributed by atoms with Gasteiger partial charge in [0.05, 0.1) is 17.3 Å². The van der Waals surface area contributed by atoms with E-state index in [1.165, 1.54) is 18.2 Å². The Balaban J connectivity index is 2.27. The lowest BCUT2D eigenvalue weighted by Gasteiger charge is -2.13. The summed E-state index contributed by atoms with van der Waals surface area (Å²) < 4.78 is 26.9. The molecular formula is C11H13N3O2S2. The van der Waals surface area contributed by atoms with Crippen LogP contribution in [0.5, 0.6) is 0 Å². The van der Waals surface area contributed by atoms with E-state index >= 15 is 0 Å². The second-order valence-corrected chi connectivity index (χ2v) is 6.88. The van der Waals surface area contributed by atoms with Crippen molar-refractivity contribution in [1.29, 1.82) is 5.26 Å². The second kappa shape index (κ2) is 5.18. The Kier molecular flexibility index (Phi) is 3.80. The number of hydrogen-bond donors (Lipinski definition) is 2. The Morgan fingerprint density at radius 2 is 2.28 bits per heavy atom. The molecule has 0 aliphatic carbocycles. The van der Waals surface area contributed by atoms with Gasteiger partial charge in [-0.1, -0.05) is 0 Å². The maximum atomic E-state index is 12.1. The lowest BCUT2D eigenvalue weighted by Crippen LogP contribution is -2.35. The van der Waals surface area contributed by atoms with E-state index in [1.54, 1.807) is 11.8 Å². The van der Waals surface area contributed by atoms with Crippen molar-refractivity contribution in [2.24, 2.45) is 0 Å².